The van der Waals surface area contributed by atoms with Crippen molar-refractivity contribution in [2.24, 2.45) is 0 Å². The molecule has 0 saturated heterocycles. The van der Waals surface area contributed by atoms with Crippen LogP contribution in [-0.2, 0) is 81.1 Å². The van der Waals surface area contributed by atoms with E-state index in [-0.39, 0.29) is 79.9 Å². The molecule has 6 N–H and O–H groups in total. The Balaban J connectivity index is 0.858. The summed E-state index contributed by atoms with van der Waals surface area (Å²) in [6, 6.07) is 13.1. The molecule has 348 valence electrons. The van der Waals surface area contributed by atoms with Gasteiger partial charge in [-0.2, -0.15) is 0 Å². The first kappa shape index (κ1) is 46.0. The molecule has 7 amide bonds. The second kappa shape index (κ2) is 19.5. The number of amides is 7. The maximum atomic E-state index is 13.8. The summed E-state index contributed by atoms with van der Waals surface area (Å²) in [6.45, 7) is 0.658. The number of aliphatic hydroxyl groups is 1. The molecule has 0 fully saturated rings. The summed E-state index contributed by atoms with van der Waals surface area (Å²) in [5.41, 5.74) is 3.97. The Hall–Kier alpha value is -7.54. The van der Waals surface area contributed by atoms with Gasteiger partial charge in [-0.15, -0.1) is 0 Å². The normalized spacial score (nSPS) is 17.0. The Morgan fingerprint density at radius 3 is 2.28 bits per heavy atom. The molecule has 4 aromatic rings. The number of hydrogen-bond donors (Lipinski definition) is 6. The molecule has 0 bridgehead atoms. The molecule has 1 unspecified atom stereocenters. The Labute approximate surface area is 383 Å². The van der Waals surface area contributed by atoms with Crippen LogP contribution in [0.15, 0.2) is 65.5 Å². The molecule has 0 spiro atoms. The average Bonchev–Trinajstić information content (AvgIpc) is 3.86. The average molecular weight is 915 g/mol. The highest BCUT2D eigenvalue weighted by Gasteiger charge is 2.45. The molecular formula is C48H50N8O11. The highest BCUT2D eigenvalue weighted by Crippen LogP contribution is 2.43. The third kappa shape index (κ3) is 9.58. The zero-order valence-corrected chi connectivity index (χ0v) is 36.8. The third-order valence-corrected chi connectivity index (χ3v) is 12.6. The molecule has 1 aliphatic carbocycles. The van der Waals surface area contributed by atoms with Gasteiger partial charge in [-0.05, 0) is 73.4 Å². The number of fused-ring (bicyclic) bond motifs is 5. The number of esters is 1. The fraction of sp³-hybridized carbons (Fsp3) is 0.375. The van der Waals surface area contributed by atoms with E-state index in [1.165, 1.54) is 12.2 Å². The number of benzene rings is 2. The molecule has 19 heteroatoms. The highest BCUT2D eigenvalue weighted by atomic mass is 16.6. The summed E-state index contributed by atoms with van der Waals surface area (Å²) in [5.74, 6) is -4.33. The van der Waals surface area contributed by atoms with Crippen molar-refractivity contribution >= 4 is 63.9 Å². The second-order valence-electron chi connectivity index (χ2n) is 17.0. The zero-order chi connectivity index (χ0) is 47.4. The van der Waals surface area contributed by atoms with Crippen LogP contribution in [0.2, 0.25) is 0 Å². The molecule has 5 heterocycles. The number of cyclic esters (lactones) is 1. The number of nitrogens with zero attached hydrogens (tertiary/aromatic N) is 3. The summed E-state index contributed by atoms with van der Waals surface area (Å²) in [4.78, 5) is 121. The van der Waals surface area contributed by atoms with Gasteiger partial charge in [0.15, 0.2) is 5.60 Å². The van der Waals surface area contributed by atoms with Crippen molar-refractivity contribution in [3.05, 3.63) is 104 Å². The predicted octanol–water partition coefficient (Wildman–Crippen LogP) is 1.07. The lowest BCUT2D eigenvalue weighted by Crippen LogP contribution is -2.52. The van der Waals surface area contributed by atoms with Crippen molar-refractivity contribution in [3.63, 3.8) is 0 Å². The number of carbonyl (C=O) groups is 8. The number of aromatic nitrogens is 2. The second-order valence-corrected chi connectivity index (χ2v) is 17.0. The standard InChI is InChI=1S/C48H50N8O11/c1-2-48(66)32-21-36-44-30(25-56(36)46(64)31(32)26-67-47(48)65)28-12-9-13-29-33(15-16-34(54-44)43(28)29)52-40(60)24-51-45(63)35(20-27-10-5-3-6-11-27)53-39(59)23-50-38(58)22-49-37(57)14-7-4-8-19-55-41(61)17-18-42(55)62/h3,5-6,10-11,15-18,21,35,66H,2,4,7-9,12-14,19-20,22-26H2,1H3,(H,49,57)(H,50,58)(H,51,63)(H,52,60)(H,53,59)/t35?,48-/m0/s1. The lowest BCUT2D eigenvalue weighted by molar-refractivity contribution is -0.172. The topological polar surface area (TPSA) is 264 Å². The number of aryl methyl sites for hydroxylation is 2. The number of imide groups is 1. The van der Waals surface area contributed by atoms with E-state index in [0.29, 0.717) is 54.7 Å². The fourth-order valence-corrected chi connectivity index (χ4v) is 9.12. The van der Waals surface area contributed by atoms with Crippen LogP contribution in [0.25, 0.3) is 22.3 Å². The van der Waals surface area contributed by atoms with Crippen LogP contribution in [0.4, 0.5) is 5.69 Å². The van der Waals surface area contributed by atoms with Crippen LogP contribution in [-0.4, -0.2) is 99.1 Å². The predicted molar refractivity (Wildman–Crippen MR) is 241 cm³/mol. The number of unbranched alkanes of at least 4 members (excludes halogenated alkanes) is 2. The monoisotopic (exact) mass is 914 g/mol. The third-order valence-electron chi connectivity index (χ3n) is 12.6. The molecule has 2 aromatic heterocycles. The highest BCUT2D eigenvalue weighted by molar-refractivity contribution is 6.12. The summed E-state index contributed by atoms with van der Waals surface area (Å²) in [7, 11) is 0. The van der Waals surface area contributed by atoms with Crippen molar-refractivity contribution in [3.8, 4) is 11.4 Å². The first-order chi connectivity index (χ1) is 32.2. The minimum Gasteiger partial charge on any atom is -0.458 e. The molecular weight excluding hydrogens is 865 g/mol. The summed E-state index contributed by atoms with van der Waals surface area (Å²) >= 11 is 0. The van der Waals surface area contributed by atoms with Crippen LogP contribution in [0.3, 0.4) is 0 Å². The minimum absolute atomic E-state index is 0.0318. The van der Waals surface area contributed by atoms with Gasteiger partial charge in [0.2, 0.25) is 29.5 Å². The maximum absolute atomic E-state index is 13.8. The molecule has 2 aromatic carbocycles. The number of pyridine rings is 2. The van der Waals surface area contributed by atoms with E-state index in [1.54, 1.807) is 54.0 Å². The van der Waals surface area contributed by atoms with E-state index in [4.69, 9.17) is 9.72 Å². The number of ether oxygens (including phenoxy) is 1. The van der Waals surface area contributed by atoms with Gasteiger partial charge in [0.05, 0.1) is 48.6 Å². The first-order valence-corrected chi connectivity index (χ1v) is 22.4. The molecule has 19 nitrogen and oxygen atoms in total. The number of hydrogen-bond acceptors (Lipinski definition) is 12. The smallest absolute Gasteiger partial charge is 0.343 e. The van der Waals surface area contributed by atoms with Crippen LogP contribution < -0.4 is 32.1 Å². The Bertz CT molecular complexity index is 2800. The summed E-state index contributed by atoms with van der Waals surface area (Å²) in [6.07, 6.45) is 6.39. The zero-order valence-electron chi connectivity index (χ0n) is 36.8. The van der Waals surface area contributed by atoms with E-state index in [1.807, 2.05) is 6.07 Å². The van der Waals surface area contributed by atoms with E-state index in [0.717, 1.165) is 39.0 Å². The lowest BCUT2D eigenvalue weighted by Gasteiger charge is -2.31. The first-order valence-electron chi connectivity index (χ1n) is 22.4. The van der Waals surface area contributed by atoms with Gasteiger partial charge in [-0.1, -0.05) is 43.7 Å². The van der Waals surface area contributed by atoms with Crippen molar-refractivity contribution in [2.45, 2.75) is 89.5 Å². The molecule has 0 saturated carbocycles. The molecule has 0 radical (unpaired) electrons. The van der Waals surface area contributed by atoms with Gasteiger partial charge in [-0.3, -0.25) is 43.3 Å². The molecule has 4 aliphatic rings. The maximum Gasteiger partial charge on any atom is 0.343 e. The van der Waals surface area contributed by atoms with Gasteiger partial charge in [0.25, 0.3) is 17.4 Å². The van der Waals surface area contributed by atoms with Gasteiger partial charge in [0, 0.05) is 53.7 Å². The number of rotatable bonds is 18. The summed E-state index contributed by atoms with van der Waals surface area (Å²) < 4.78 is 6.82. The fourth-order valence-electron chi connectivity index (χ4n) is 9.12. The molecule has 2 atom stereocenters. The van der Waals surface area contributed by atoms with Crippen molar-refractivity contribution < 1.29 is 48.2 Å². The Kier molecular flexibility index (Phi) is 13.4. The van der Waals surface area contributed by atoms with E-state index < -0.39 is 54.3 Å². The van der Waals surface area contributed by atoms with Crippen molar-refractivity contribution in [2.75, 3.05) is 31.5 Å². The van der Waals surface area contributed by atoms with E-state index in [9.17, 15) is 48.3 Å². The van der Waals surface area contributed by atoms with Crippen LogP contribution in [0.5, 0.6) is 0 Å². The largest absolute Gasteiger partial charge is 0.458 e. The van der Waals surface area contributed by atoms with Crippen LogP contribution >= 0.6 is 0 Å². The minimum atomic E-state index is -1.94. The van der Waals surface area contributed by atoms with Gasteiger partial charge in [0.1, 0.15) is 12.6 Å². The number of nitrogens with one attached hydrogen (secondary N) is 5. The Morgan fingerprint density at radius 2 is 1.52 bits per heavy atom. The SMILES string of the molecule is CC[C@@]1(O)C(=O)OCc2c1cc1n(c2=O)Cc2c-1nc1ccc(NC(=O)CNC(=O)C(Cc3ccccc3)NC(=O)CNC(=O)CNC(=O)CCCCCN3C(=O)C=CC3=O)c3c1c2CCC3. The molecule has 3 aliphatic heterocycles. The van der Waals surface area contributed by atoms with Gasteiger partial charge >= 0.3 is 5.97 Å². The summed E-state index contributed by atoms with van der Waals surface area (Å²) in [5, 5.41) is 25.3. The molecule has 8 rings (SSSR count). The van der Waals surface area contributed by atoms with Crippen molar-refractivity contribution in [1.29, 1.82) is 0 Å². The van der Waals surface area contributed by atoms with E-state index >= 15 is 0 Å². The van der Waals surface area contributed by atoms with E-state index in [2.05, 4.69) is 26.6 Å². The lowest BCUT2D eigenvalue weighted by atomic mass is 9.85. The number of carbonyl (C=O) groups excluding carboxylic acids is 8. The van der Waals surface area contributed by atoms with Gasteiger partial charge < -0.3 is 41.0 Å². The number of anilines is 1. The van der Waals surface area contributed by atoms with Crippen molar-refractivity contribution in [1.82, 2.24) is 35.7 Å². The van der Waals surface area contributed by atoms with Gasteiger partial charge in [-0.25, -0.2) is 9.78 Å². The van der Waals surface area contributed by atoms with Crippen LogP contribution in [0, 0.1) is 0 Å². The quantitative estimate of drug-likeness (QED) is 0.0410. The Morgan fingerprint density at radius 1 is 0.806 bits per heavy atom. The molecule has 67 heavy (non-hydrogen) atoms. The van der Waals surface area contributed by atoms with Crippen LogP contribution in [0.1, 0.15) is 78.8 Å².